The Balaban J connectivity index is 1.22. The first kappa shape index (κ1) is 43.9. The highest BCUT2D eigenvalue weighted by Gasteiger charge is 2.45. The number of rotatable bonds is 3. The molecule has 0 radical (unpaired) electrons. The second kappa shape index (κ2) is 15.1. The Hall–Kier alpha value is -7.82. The molecule has 2 aliphatic rings. The Kier molecular flexibility index (Phi) is 9.10. The van der Waals surface area contributed by atoms with Gasteiger partial charge in [-0.15, -0.1) is 0 Å². The molecule has 3 nitrogen and oxygen atoms in total. The predicted octanol–water partition coefficient (Wildman–Crippen LogP) is 18.0. The van der Waals surface area contributed by atoms with Crippen LogP contribution in [0.3, 0.4) is 0 Å². The van der Waals surface area contributed by atoms with Gasteiger partial charge in [-0.2, -0.15) is 0 Å². The van der Waals surface area contributed by atoms with E-state index in [-0.39, 0.29) is 23.1 Å². The number of aryl methyl sites for hydroxylation is 1. The molecule has 0 bridgehead atoms. The van der Waals surface area contributed by atoms with Gasteiger partial charge in [0, 0.05) is 60.8 Å². The van der Waals surface area contributed by atoms with Crippen molar-refractivity contribution in [3.8, 4) is 33.4 Å². The predicted molar refractivity (Wildman–Crippen MR) is 314 cm³/mol. The highest BCUT2D eigenvalue weighted by molar-refractivity contribution is 6.90. The lowest BCUT2D eigenvalue weighted by atomic mass is 9.44. The van der Waals surface area contributed by atoms with E-state index in [1.807, 2.05) is 0 Å². The van der Waals surface area contributed by atoms with Crippen molar-refractivity contribution in [1.29, 1.82) is 0 Å². The molecule has 14 rings (SSSR count). The standard InChI is InChI=1S/C69H59BN2O/c1-40-48-25-17-18-27-50(48)63(69(8,9)10)53-38-59-57(37-51(40)53)70-64-60(71(59)47-32-43(41-21-13-11-14-22-41)31-44(33-47)42-23-15-12-16-24-42)39-55-49-26-19-20-28-61(49)73-66(55)62(64)56-36-46(68(5,6)7)35-54-52-34-45(67(2,3)4)29-30-58(52)72(70)65(54)56/h11-39H,1-10H3. The molecule has 2 aromatic heterocycles. The number of benzene rings is 10. The van der Waals surface area contributed by atoms with E-state index in [9.17, 15) is 0 Å². The first-order valence-corrected chi connectivity index (χ1v) is 26.2. The fraction of sp³-hybridized carbons (Fsp3) is 0.188. The van der Waals surface area contributed by atoms with Crippen LogP contribution in [0.1, 0.15) is 84.6 Å². The van der Waals surface area contributed by atoms with Crippen molar-refractivity contribution in [2.75, 3.05) is 4.90 Å². The van der Waals surface area contributed by atoms with Gasteiger partial charge in [0.15, 0.2) is 0 Å². The molecule has 12 aromatic rings. The molecule has 0 saturated carbocycles. The number of aromatic nitrogens is 1. The van der Waals surface area contributed by atoms with Crippen LogP contribution in [0.4, 0.5) is 17.1 Å². The van der Waals surface area contributed by atoms with Gasteiger partial charge in [-0.25, -0.2) is 0 Å². The molecule has 0 spiro atoms. The summed E-state index contributed by atoms with van der Waals surface area (Å²) in [4.78, 5) is 2.64. The number of fused-ring (bicyclic) bond motifs is 13. The molecule has 10 aromatic carbocycles. The topological polar surface area (TPSA) is 21.3 Å². The molecule has 0 atom stereocenters. The van der Waals surface area contributed by atoms with Gasteiger partial charge in [-0.05, 0) is 161 Å². The summed E-state index contributed by atoms with van der Waals surface area (Å²) in [5, 5.41) is 10.1. The number of furan rings is 1. The summed E-state index contributed by atoms with van der Waals surface area (Å²) in [5.41, 5.74) is 22.6. The average molecular weight is 943 g/mol. The van der Waals surface area contributed by atoms with Gasteiger partial charge in [-0.3, -0.25) is 0 Å². The quantitative estimate of drug-likeness (QED) is 0.130. The number of anilines is 3. The van der Waals surface area contributed by atoms with E-state index in [1.165, 1.54) is 121 Å². The zero-order valence-electron chi connectivity index (χ0n) is 43.6. The van der Waals surface area contributed by atoms with Gasteiger partial charge >= 0.3 is 6.85 Å². The van der Waals surface area contributed by atoms with Gasteiger partial charge in [0.1, 0.15) is 11.2 Å². The number of nitrogens with zero attached hydrogens (tertiary/aromatic N) is 2. The molecule has 4 heteroatoms. The highest BCUT2D eigenvalue weighted by atomic mass is 16.3. The van der Waals surface area contributed by atoms with E-state index in [0.29, 0.717) is 0 Å². The lowest BCUT2D eigenvalue weighted by molar-refractivity contribution is 0.590. The number of hydrogen-bond donors (Lipinski definition) is 0. The fourth-order valence-corrected chi connectivity index (χ4v) is 13.0. The van der Waals surface area contributed by atoms with Crippen molar-refractivity contribution >= 4 is 100 Å². The molecule has 4 heterocycles. The Morgan fingerprint density at radius 2 is 1.04 bits per heavy atom. The number of hydrogen-bond acceptors (Lipinski definition) is 2. The first-order chi connectivity index (χ1) is 35.0. The van der Waals surface area contributed by atoms with E-state index in [4.69, 9.17) is 4.42 Å². The zero-order valence-corrected chi connectivity index (χ0v) is 43.6. The molecule has 354 valence electrons. The van der Waals surface area contributed by atoms with E-state index >= 15 is 0 Å². The summed E-state index contributed by atoms with van der Waals surface area (Å²) in [7, 11) is 0. The third-order valence-electron chi connectivity index (χ3n) is 16.5. The minimum Gasteiger partial charge on any atom is -0.455 e. The second-order valence-electron chi connectivity index (χ2n) is 24.2. The minimum atomic E-state index is -0.179. The number of para-hydroxylation sites is 1. The summed E-state index contributed by atoms with van der Waals surface area (Å²) >= 11 is 0. The molecular formula is C69H59BN2O. The third kappa shape index (κ3) is 6.38. The van der Waals surface area contributed by atoms with Crippen LogP contribution in [0.5, 0.6) is 0 Å². The molecule has 0 unspecified atom stereocenters. The van der Waals surface area contributed by atoms with Crippen LogP contribution in [0.15, 0.2) is 180 Å². The SMILES string of the molecule is Cc1c2ccccc2c(C(C)(C)C)c2cc3c(cc12)B1c2c(cc4c(oc5ccccc54)c2-c2cc(C(C)(C)C)cc4c5cc(C(C)(C)C)ccc5n1c24)N3c1cc(-c2ccccc2)cc(-c2ccccc2)c1. The van der Waals surface area contributed by atoms with Crippen LogP contribution in [0.25, 0.3) is 98.7 Å². The third-order valence-corrected chi connectivity index (χ3v) is 16.5. The van der Waals surface area contributed by atoms with Gasteiger partial charge in [-0.1, -0.05) is 178 Å². The average Bonchev–Trinajstić information content (AvgIpc) is 3.94. The summed E-state index contributed by atoms with van der Waals surface area (Å²) in [6.07, 6.45) is 0. The highest BCUT2D eigenvalue weighted by Crippen LogP contribution is 2.53. The first-order valence-electron chi connectivity index (χ1n) is 26.2. The normalized spacial score (nSPS) is 13.6. The molecule has 0 fully saturated rings. The van der Waals surface area contributed by atoms with Crippen LogP contribution >= 0.6 is 0 Å². The second-order valence-corrected chi connectivity index (χ2v) is 24.2. The van der Waals surface area contributed by atoms with Gasteiger partial charge in [0.2, 0.25) is 0 Å². The molecule has 0 amide bonds. The smallest absolute Gasteiger partial charge is 0.333 e. The molecular weight excluding hydrogens is 884 g/mol. The Labute approximate surface area is 428 Å². The molecule has 73 heavy (non-hydrogen) atoms. The van der Waals surface area contributed by atoms with Crippen molar-refractivity contribution in [1.82, 2.24) is 4.48 Å². The van der Waals surface area contributed by atoms with Crippen molar-refractivity contribution in [2.24, 2.45) is 0 Å². The van der Waals surface area contributed by atoms with Gasteiger partial charge in [0.05, 0.1) is 0 Å². The zero-order chi connectivity index (χ0) is 50.0. The summed E-state index contributed by atoms with van der Waals surface area (Å²) < 4.78 is 10.0. The fourth-order valence-electron chi connectivity index (χ4n) is 13.0. The maximum absolute atomic E-state index is 7.28. The van der Waals surface area contributed by atoms with Crippen LogP contribution in [-0.4, -0.2) is 11.3 Å². The van der Waals surface area contributed by atoms with Crippen LogP contribution in [0, 0.1) is 6.92 Å². The maximum Gasteiger partial charge on any atom is 0.333 e. The van der Waals surface area contributed by atoms with Crippen molar-refractivity contribution in [3.05, 3.63) is 198 Å². The van der Waals surface area contributed by atoms with E-state index in [1.54, 1.807) is 0 Å². The van der Waals surface area contributed by atoms with Crippen LogP contribution < -0.4 is 15.8 Å². The maximum atomic E-state index is 7.28. The van der Waals surface area contributed by atoms with Crippen molar-refractivity contribution < 1.29 is 4.42 Å². The molecule has 0 saturated heterocycles. The van der Waals surface area contributed by atoms with Crippen LogP contribution in [0.2, 0.25) is 0 Å². The Morgan fingerprint density at radius 3 is 1.70 bits per heavy atom. The lowest BCUT2D eigenvalue weighted by Crippen LogP contribution is -2.56. The monoisotopic (exact) mass is 942 g/mol. The van der Waals surface area contributed by atoms with E-state index in [0.717, 1.165) is 27.6 Å². The minimum absolute atomic E-state index is 0.0291. The van der Waals surface area contributed by atoms with E-state index in [2.05, 4.69) is 255 Å². The van der Waals surface area contributed by atoms with Crippen molar-refractivity contribution in [2.45, 2.75) is 85.5 Å². The summed E-state index contributed by atoms with van der Waals surface area (Å²) in [6.45, 7) is 23.4. The largest absolute Gasteiger partial charge is 0.455 e. The van der Waals surface area contributed by atoms with Crippen LogP contribution in [-0.2, 0) is 16.2 Å². The Morgan fingerprint density at radius 1 is 0.438 bits per heavy atom. The summed E-state index contributed by atoms with van der Waals surface area (Å²) in [6, 6.07) is 66.8. The molecule has 0 aliphatic carbocycles. The molecule has 0 N–H and O–H groups in total. The van der Waals surface area contributed by atoms with E-state index < -0.39 is 0 Å². The van der Waals surface area contributed by atoms with Gasteiger partial charge in [0.25, 0.3) is 0 Å². The summed E-state index contributed by atoms with van der Waals surface area (Å²) in [5.74, 6) is 0. The molecule has 2 aliphatic heterocycles. The Bertz CT molecular complexity index is 4270. The lowest BCUT2D eigenvalue weighted by Gasteiger charge is -2.41. The van der Waals surface area contributed by atoms with Crippen molar-refractivity contribution in [3.63, 3.8) is 0 Å². The van der Waals surface area contributed by atoms with Gasteiger partial charge < -0.3 is 13.8 Å².